The van der Waals surface area contributed by atoms with E-state index in [1.54, 1.807) is 19.1 Å². The lowest BCUT2D eigenvalue weighted by Gasteiger charge is -2.21. The first-order valence-electron chi connectivity index (χ1n) is 5.68. The lowest BCUT2D eigenvalue weighted by molar-refractivity contribution is 0.216. The molecule has 0 bridgehead atoms. The molecule has 0 unspecified atom stereocenters. The number of anilines is 1. The largest absolute Gasteiger partial charge is 0.388 e. The second-order valence-corrected chi connectivity index (χ2v) is 3.76. The average molecular weight is 252 g/mol. The van der Waals surface area contributed by atoms with Crippen LogP contribution in [-0.2, 0) is 0 Å². The molecule has 4 N–H and O–H groups in total. The molecule has 1 aromatic carbocycles. The van der Waals surface area contributed by atoms with Gasteiger partial charge in [-0.25, -0.2) is 9.18 Å². The number of nitrogens with one attached hydrogen (secondary N) is 2. The van der Waals surface area contributed by atoms with Gasteiger partial charge in [0.05, 0.1) is 11.5 Å². The van der Waals surface area contributed by atoms with Crippen molar-refractivity contribution >= 4 is 17.6 Å². The number of carbonyl (C=O) groups is 1. The van der Waals surface area contributed by atoms with Crippen LogP contribution in [0.15, 0.2) is 24.3 Å². The Morgan fingerprint density at radius 3 is 2.72 bits per heavy atom. The second kappa shape index (κ2) is 6.58. The number of hydrogen-bond acceptors (Lipinski definition) is 2. The quantitative estimate of drug-likeness (QED) is 0.553. The minimum Gasteiger partial charge on any atom is -0.388 e. The summed E-state index contributed by atoms with van der Waals surface area (Å²) in [6, 6.07) is 5.57. The summed E-state index contributed by atoms with van der Waals surface area (Å²) in [7, 11) is 0. The van der Waals surface area contributed by atoms with Crippen molar-refractivity contribution in [2.45, 2.75) is 13.3 Å². The normalized spacial score (nSPS) is 9.89. The molecule has 0 saturated carbocycles. The molecular formula is C12H17FN4O. The van der Waals surface area contributed by atoms with Gasteiger partial charge in [-0.3, -0.25) is 5.41 Å². The lowest BCUT2D eigenvalue weighted by atomic mass is 10.3. The van der Waals surface area contributed by atoms with Crippen LogP contribution in [0, 0.1) is 11.2 Å². The number of amidine groups is 1. The van der Waals surface area contributed by atoms with Crippen LogP contribution in [0.5, 0.6) is 0 Å². The predicted molar refractivity (Wildman–Crippen MR) is 69.2 cm³/mol. The van der Waals surface area contributed by atoms with E-state index in [0.717, 1.165) is 0 Å². The zero-order valence-electron chi connectivity index (χ0n) is 10.2. The molecule has 6 heteroatoms. The van der Waals surface area contributed by atoms with Crippen molar-refractivity contribution in [2.24, 2.45) is 5.73 Å². The number of hydrogen-bond donors (Lipinski definition) is 3. The van der Waals surface area contributed by atoms with Gasteiger partial charge >= 0.3 is 6.03 Å². The highest BCUT2D eigenvalue weighted by molar-refractivity contribution is 5.89. The van der Waals surface area contributed by atoms with Gasteiger partial charge in [0.1, 0.15) is 5.82 Å². The van der Waals surface area contributed by atoms with Crippen LogP contribution in [0.2, 0.25) is 0 Å². The Labute approximate surface area is 105 Å². The molecule has 0 spiro atoms. The highest BCUT2D eigenvalue weighted by Gasteiger charge is 2.13. The van der Waals surface area contributed by atoms with E-state index in [1.165, 1.54) is 17.0 Å². The fraction of sp³-hybridized carbons (Fsp3) is 0.333. The number of nitrogens with zero attached hydrogens (tertiary/aromatic N) is 1. The van der Waals surface area contributed by atoms with Crippen molar-refractivity contribution in [3.8, 4) is 0 Å². The Morgan fingerprint density at radius 2 is 2.17 bits per heavy atom. The molecule has 0 aliphatic carbocycles. The summed E-state index contributed by atoms with van der Waals surface area (Å²) in [5.41, 5.74) is 5.38. The number of amides is 2. The highest BCUT2D eigenvalue weighted by atomic mass is 19.1. The standard InChI is InChI=1S/C12H17FN4O/c1-2-17(8-7-11(14)15)12(18)16-10-6-4-3-5-9(10)13/h3-6H,2,7-8H2,1H3,(H3,14,15)(H,16,18). The van der Waals surface area contributed by atoms with Gasteiger partial charge in [0, 0.05) is 19.5 Å². The van der Waals surface area contributed by atoms with Gasteiger partial charge in [-0.2, -0.15) is 0 Å². The van der Waals surface area contributed by atoms with Crippen LogP contribution >= 0.6 is 0 Å². The number of benzene rings is 1. The molecule has 1 aromatic rings. The third-order valence-electron chi connectivity index (χ3n) is 2.44. The van der Waals surface area contributed by atoms with Gasteiger partial charge in [0.25, 0.3) is 0 Å². The predicted octanol–water partition coefficient (Wildman–Crippen LogP) is 2.01. The summed E-state index contributed by atoms with van der Waals surface area (Å²) < 4.78 is 13.3. The molecule has 0 aliphatic rings. The fourth-order valence-corrected chi connectivity index (χ4v) is 1.42. The zero-order chi connectivity index (χ0) is 13.5. The minimum absolute atomic E-state index is 0.0205. The van der Waals surface area contributed by atoms with Crippen LogP contribution in [0.25, 0.3) is 0 Å². The molecule has 0 atom stereocenters. The molecule has 0 aliphatic heterocycles. The van der Waals surface area contributed by atoms with Gasteiger partial charge in [-0.15, -0.1) is 0 Å². The third-order valence-corrected chi connectivity index (χ3v) is 2.44. The summed E-state index contributed by atoms with van der Waals surface area (Å²) in [6.07, 6.45) is 0.304. The van der Waals surface area contributed by atoms with E-state index in [2.05, 4.69) is 5.32 Å². The number of nitrogens with two attached hydrogens (primary N) is 1. The van der Waals surface area contributed by atoms with Gasteiger partial charge in [0.2, 0.25) is 0 Å². The Kier molecular flexibility index (Phi) is 5.10. The first-order chi connectivity index (χ1) is 8.54. The van der Waals surface area contributed by atoms with Gasteiger partial charge < -0.3 is 16.0 Å². The molecule has 0 radical (unpaired) electrons. The van der Waals surface area contributed by atoms with E-state index in [9.17, 15) is 9.18 Å². The van der Waals surface area contributed by atoms with Crippen molar-refractivity contribution in [1.29, 1.82) is 5.41 Å². The molecular weight excluding hydrogens is 235 g/mol. The average Bonchev–Trinajstić information content (AvgIpc) is 2.32. The zero-order valence-corrected chi connectivity index (χ0v) is 10.2. The van der Waals surface area contributed by atoms with Crippen molar-refractivity contribution in [2.75, 3.05) is 18.4 Å². The SMILES string of the molecule is CCN(CCC(=N)N)C(=O)Nc1ccccc1F. The van der Waals surface area contributed by atoms with Crippen molar-refractivity contribution < 1.29 is 9.18 Å². The maximum Gasteiger partial charge on any atom is 0.321 e. The summed E-state index contributed by atoms with van der Waals surface area (Å²) in [5, 5.41) is 9.60. The third kappa shape index (κ3) is 4.04. The number of urea groups is 1. The molecule has 0 heterocycles. The first-order valence-corrected chi connectivity index (χ1v) is 5.68. The second-order valence-electron chi connectivity index (χ2n) is 3.76. The first kappa shape index (κ1) is 14.0. The van der Waals surface area contributed by atoms with Crippen molar-refractivity contribution in [3.05, 3.63) is 30.1 Å². The topological polar surface area (TPSA) is 82.2 Å². The molecule has 98 valence electrons. The van der Waals surface area contributed by atoms with E-state index in [0.29, 0.717) is 19.5 Å². The number of rotatable bonds is 5. The Morgan fingerprint density at radius 1 is 1.50 bits per heavy atom. The van der Waals surface area contributed by atoms with Crippen LogP contribution in [0.3, 0.4) is 0 Å². The van der Waals surface area contributed by atoms with E-state index < -0.39 is 11.8 Å². The minimum atomic E-state index is -0.478. The van der Waals surface area contributed by atoms with Gasteiger partial charge in [-0.05, 0) is 19.1 Å². The maximum atomic E-state index is 13.3. The van der Waals surface area contributed by atoms with Crippen molar-refractivity contribution in [3.63, 3.8) is 0 Å². The monoisotopic (exact) mass is 252 g/mol. The van der Waals surface area contributed by atoms with E-state index in [-0.39, 0.29) is 11.5 Å². The lowest BCUT2D eigenvalue weighted by Crippen LogP contribution is -2.37. The van der Waals surface area contributed by atoms with Crippen LogP contribution in [0.4, 0.5) is 14.9 Å². The number of carbonyl (C=O) groups excluding carboxylic acids is 1. The fourth-order valence-electron chi connectivity index (χ4n) is 1.42. The Balaban J connectivity index is 2.62. The van der Waals surface area contributed by atoms with Crippen LogP contribution < -0.4 is 11.1 Å². The molecule has 5 nitrogen and oxygen atoms in total. The molecule has 2 amide bonds. The maximum absolute atomic E-state index is 13.3. The summed E-state index contributed by atoms with van der Waals surface area (Å²) >= 11 is 0. The highest BCUT2D eigenvalue weighted by Crippen LogP contribution is 2.13. The molecule has 0 aromatic heterocycles. The van der Waals surface area contributed by atoms with E-state index >= 15 is 0 Å². The van der Waals surface area contributed by atoms with Crippen molar-refractivity contribution in [1.82, 2.24) is 4.90 Å². The van der Waals surface area contributed by atoms with Crippen LogP contribution in [-0.4, -0.2) is 29.9 Å². The molecule has 18 heavy (non-hydrogen) atoms. The molecule has 1 rings (SSSR count). The molecule has 0 saturated heterocycles. The van der Waals surface area contributed by atoms with E-state index in [1.807, 2.05) is 0 Å². The van der Waals surface area contributed by atoms with E-state index in [4.69, 9.17) is 11.1 Å². The number of halogens is 1. The van der Waals surface area contributed by atoms with Gasteiger partial charge in [0.15, 0.2) is 0 Å². The number of para-hydroxylation sites is 1. The summed E-state index contributed by atoms with van der Waals surface area (Å²) in [4.78, 5) is 13.3. The summed E-state index contributed by atoms with van der Waals surface area (Å²) in [6.45, 7) is 2.61. The van der Waals surface area contributed by atoms with Gasteiger partial charge in [-0.1, -0.05) is 12.1 Å². The van der Waals surface area contributed by atoms with Crippen LogP contribution in [0.1, 0.15) is 13.3 Å². The smallest absolute Gasteiger partial charge is 0.321 e. The summed E-state index contributed by atoms with van der Waals surface area (Å²) in [5.74, 6) is -0.458. The Bertz CT molecular complexity index is 436. The Hall–Kier alpha value is -2.11. The molecule has 0 fully saturated rings.